The first kappa shape index (κ1) is 27.2. The van der Waals surface area contributed by atoms with Gasteiger partial charge in [0.2, 0.25) is 0 Å². The van der Waals surface area contributed by atoms with Crippen LogP contribution in [-0.4, -0.2) is 19.9 Å². The van der Waals surface area contributed by atoms with Crippen molar-refractivity contribution in [2.24, 2.45) is 0 Å². The summed E-state index contributed by atoms with van der Waals surface area (Å²) in [4.78, 5) is 19.9. The number of benzene rings is 8. The summed E-state index contributed by atoms with van der Waals surface area (Å²) in [6, 6.07) is 54.0. The number of rotatable bonds is 3. The predicted molar refractivity (Wildman–Crippen MR) is 208 cm³/mol. The predicted octanol–water partition coefficient (Wildman–Crippen LogP) is 11.8. The molecular weight excluding hydrogens is 609 g/mol. The minimum Gasteiger partial charge on any atom is -0.256 e. The zero-order chi connectivity index (χ0) is 32.8. The Labute approximate surface area is 286 Å². The van der Waals surface area contributed by atoms with E-state index in [9.17, 15) is 0 Å². The highest BCUT2D eigenvalue weighted by atomic mass is 15.0. The molecule has 0 aliphatic rings. The van der Waals surface area contributed by atoms with E-state index in [4.69, 9.17) is 15.0 Å². The van der Waals surface area contributed by atoms with Gasteiger partial charge in [0.15, 0.2) is 17.5 Å². The van der Waals surface area contributed by atoms with Gasteiger partial charge in [0.05, 0.1) is 5.52 Å². The van der Waals surface area contributed by atoms with Crippen LogP contribution in [0.3, 0.4) is 0 Å². The quantitative estimate of drug-likeness (QED) is 0.181. The number of aromatic nitrogens is 4. The highest BCUT2D eigenvalue weighted by molar-refractivity contribution is 6.37. The van der Waals surface area contributed by atoms with Gasteiger partial charge < -0.3 is 0 Å². The standard InChI is InChI=1S/C46H26N4/c1-2-8-30(9-3-1)44-48-45(33-21-22-39-31(24-33)13-7-23-47-39)50-46(49-44)34-25-32-20-19-29-11-5-15-36-35-14-4-10-27-17-18-28-12-6-16-37(42(28)40(27)35)38(26-34)43(32)41(29)36/h1-26H. The molecule has 0 bridgehead atoms. The van der Waals surface area contributed by atoms with Crippen LogP contribution >= 0.6 is 0 Å². The van der Waals surface area contributed by atoms with Crippen molar-refractivity contribution in [3.63, 3.8) is 0 Å². The van der Waals surface area contributed by atoms with E-state index in [1.165, 1.54) is 59.2 Å². The molecule has 11 rings (SSSR count). The lowest BCUT2D eigenvalue weighted by Gasteiger charge is -2.17. The van der Waals surface area contributed by atoms with E-state index in [1.54, 1.807) is 0 Å². The molecular formula is C46H26N4. The van der Waals surface area contributed by atoms with Gasteiger partial charge in [-0.05, 0) is 101 Å². The first-order valence-corrected chi connectivity index (χ1v) is 16.9. The molecule has 230 valence electrons. The number of pyridine rings is 1. The minimum absolute atomic E-state index is 0.629. The molecule has 50 heavy (non-hydrogen) atoms. The molecule has 2 heterocycles. The second-order valence-corrected chi connectivity index (χ2v) is 13.0. The third-order valence-electron chi connectivity index (χ3n) is 10.2. The van der Waals surface area contributed by atoms with E-state index in [2.05, 4.69) is 120 Å². The van der Waals surface area contributed by atoms with Crippen molar-refractivity contribution < 1.29 is 0 Å². The molecule has 0 saturated heterocycles. The maximum Gasteiger partial charge on any atom is 0.164 e. The van der Waals surface area contributed by atoms with Crippen molar-refractivity contribution >= 4 is 75.5 Å². The van der Waals surface area contributed by atoms with E-state index in [1.807, 2.05) is 42.6 Å². The van der Waals surface area contributed by atoms with Gasteiger partial charge in [-0.3, -0.25) is 4.98 Å². The van der Waals surface area contributed by atoms with Crippen molar-refractivity contribution in [3.05, 3.63) is 158 Å². The van der Waals surface area contributed by atoms with Crippen LogP contribution < -0.4 is 0 Å². The number of hydrogen-bond donors (Lipinski definition) is 0. The van der Waals surface area contributed by atoms with Crippen LogP contribution in [-0.2, 0) is 0 Å². The molecule has 0 aliphatic heterocycles. The molecule has 0 amide bonds. The zero-order valence-electron chi connectivity index (χ0n) is 26.8. The summed E-state index contributed by atoms with van der Waals surface area (Å²) < 4.78 is 0. The molecule has 2 aromatic heterocycles. The van der Waals surface area contributed by atoms with Crippen molar-refractivity contribution in [2.45, 2.75) is 0 Å². The van der Waals surface area contributed by atoms with E-state index in [0.717, 1.165) is 33.0 Å². The Kier molecular flexibility index (Phi) is 5.63. The van der Waals surface area contributed by atoms with Crippen LogP contribution in [0, 0.1) is 0 Å². The summed E-state index contributed by atoms with van der Waals surface area (Å²) in [5, 5.41) is 15.9. The fourth-order valence-corrected chi connectivity index (χ4v) is 7.98. The second-order valence-electron chi connectivity index (χ2n) is 13.0. The molecule has 0 aliphatic carbocycles. The number of fused-ring (bicyclic) bond motifs is 3. The molecule has 4 heteroatoms. The lowest BCUT2D eigenvalue weighted by atomic mass is 9.87. The van der Waals surface area contributed by atoms with Crippen molar-refractivity contribution in [1.82, 2.24) is 19.9 Å². The fraction of sp³-hybridized carbons (Fsp3) is 0. The van der Waals surface area contributed by atoms with Gasteiger partial charge in [-0.1, -0.05) is 115 Å². The summed E-state index contributed by atoms with van der Waals surface area (Å²) >= 11 is 0. The summed E-state index contributed by atoms with van der Waals surface area (Å²) in [6.45, 7) is 0. The number of nitrogens with zero attached hydrogens (tertiary/aromatic N) is 4. The molecule has 0 spiro atoms. The smallest absolute Gasteiger partial charge is 0.164 e. The van der Waals surface area contributed by atoms with Gasteiger partial charge in [0.25, 0.3) is 0 Å². The molecule has 4 nitrogen and oxygen atoms in total. The Balaban J connectivity index is 1.28. The molecule has 9 aromatic carbocycles. The minimum atomic E-state index is 0.629. The molecule has 0 fully saturated rings. The lowest BCUT2D eigenvalue weighted by Crippen LogP contribution is -2.00. The van der Waals surface area contributed by atoms with Gasteiger partial charge in [-0.2, -0.15) is 0 Å². The summed E-state index contributed by atoms with van der Waals surface area (Å²) in [6.07, 6.45) is 1.82. The monoisotopic (exact) mass is 634 g/mol. The molecule has 0 saturated carbocycles. The van der Waals surface area contributed by atoms with E-state index in [-0.39, 0.29) is 0 Å². The Morgan fingerprint density at radius 3 is 1.48 bits per heavy atom. The van der Waals surface area contributed by atoms with Gasteiger partial charge in [-0.25, -0.2) is 15.0 Å². The zero-order valence-corrected chi connectivity index (χ0v) is 26.8. The van der Waals surface area contributed by atoms with Crippen molar-refractivity contribution in [1.29, 1.82) is 0 Å². The Morgan fingerprint density at radius 1 is 0.300 bits per heavy atom. The average molecular weight is 635 g/mol. The van der Waals surface area contributed by atoms with Crippen LogP contribution in [0.15, 0.2) is 158 Å². The van der Waals surface area contributed by atoms with Crippen LogP contribution in [0.25, 0.3) is 110 Å². The van der Waals surface area contributed by atoms with Crippen molar-refractivity contribution in [3.8, 4) is 34.2 Å². The second kappa shape index (κ2) is 10.4. The summed E-state index contributed by atoms with van der Waals surface area (Å²) in [5.41, 5.74) is 3.75. The van der Waals surface area contributed by atoms with Crippen LogP contribution in [0.2, 0.25) is 0 Å². The van der Waals surface area contributed by atoms with Crippen LogP contribution in [0.5, 0.6) is 0 Å². The van der Waals surface area contributed by atoms with Crippen LogP contribution in [0.4, 0.5) is 0 Å². The molecule has 0 N–H and O–H groups in total. The third kappa shape index (κ3) is 3.99. The highest BCUT2D eigenvalue weighted by Gasteiger charge is 2.18. The fourth-order valence-electron chi connectivity index (χ4n) is 7.98. The Hall–Kier alpha value is -6.78. The van der Waals surface area contributed by atoms with Crippen molar-refractivity contribution in [2.75, 3.05) is 0 Å². The van der Waals surface area contributed by atoms with Gasteiger partial charge >= 0.3 is 0 Å². The maximum absolute atomic E-state index is 5.19. The van der Waals surface area contributed by atoms with Gasteiger partial charge in [0.1, 0.15) is 0 Å². The van der Waals surface area contributed by atoms with E-state index in [0.29, 0.717) is 17.5 Å². The maximum atomic E-state index is 5.19. The average Bonchev–Trinajstić information content (AvgIpc) is 3.19. The normalized spacial score (nSPS) is 12.0. The molecule has 0 radical (unpaired) electrons. The summed E-state index contributed by atoms with van der Waals surface area (Å²) in [5.74, 6) is 1.91. The topological polar surface area (TPSA) is 51.6 Å². The Bertz CT molecular complexity index is 3140. The van der Waals surface area contributed by atoms with E-state index < -0.39 is 0 Å². The lowest BCUT2D eigenvalue weighted by molar-refractivity contribution is 1.08. The summed E-state index contributed by atoms with van der Waals surface area (Å²) in [7, 11) is 0. The van der Waals surface area contributed by atoms with Crippen LogP contribution in [0.1, 0.15) is 0 Å². The van der Waals surface area contributed by atoms with Gasteiger partial charge in [-0.15, -0.1) is 0 Å². The SMILES string of the molecule is c1ccc(-c2nc(-c3ccc4ncccc4c3)nc(-c3cc4ccc5cccc6c7cccc8ccc9cccc(c(c3)c4c56)c9c87)n2)cc1. The largest absolute Gasteiger partial charge is 0.256 e. The third-order valence-corrected chi connectivity index (χ3v) is 10.2. The first-order valence-electron chi connectivity index (χ1n) is 16.9. The molecule has 0 atom stereocenters. The molecule has 11 aromatic rings. The first-order chi connectivity index (χ1) is 24.8. The highest BCUT2D eigenvalue weighted by Crippen LogP contribution is 2.44. The number of hydrogen-bond acceptors (Lipinski definition) is 4. The van der Waals surface area contributed by atoms with E-state index >= 15 is 0 Å². The Morgan fingerprint density at radius 2 is 0.820 bits per heavy atom. The molecule has 0 unspecified atom stereocenters. The van der Waals surface area contributed by atoms with Gasteiger partial charge in [0, 0.05) is 28.3 Å².